The van der Waals surface area contributed by atoms with Gasteiger partial charge in [-0.2, -0.15) is 4.98 Å². The second kappa shape index (κ2) is 7.94. The monoisotopic (exact) mass is 375 g/mol. The summed E-state index contributed by atoms with van der Waals surface area (Å²) in [6, 6.07) is 0. The number of anilines is 1. The van der Waals surface area contributed by atoms with Gasteiger partial charge < -0.3 is 18.8 Å². The van der Waals surface area contributed by atoms with E-state index in [1.54, 1.807) is 27.7 Å². The quantitative estimate of drug-likeness (QED) is 0.736. The van der Waals surface area contributed by atoms with Crippen LogP contribution in [0.5, 0.6) is 0 Å². The fourth-order valence-electron chi connectivity index (χ4n) is 3.50. The van der Waals surface area contributed by atoms with Gasteiger partial charge in [-0.1, -0.05) is 0 Å². The van der Waals surface area contributed by atoms with Crippen LogP contribution < -0.4 is 4.90 Å². The molecule has 3 heterocycles. The second-order valence-corrected chi connectivity index (χ2v) is 6.57. The van der Waals surface area contributed by atoms with Crippen LogP contribution in [-0.2, 0) is 14.3 Å². The van der Waals surface area contributed by atoms with Gasteiger partial charge in [-0.05, 0) is 40.5 Å². The highest BCUT2D eigenvalue weighted by atomic mass is 16.5. The van der Waals surface area contributed by atoms with Gasteiger partial charge in [0.1, 0.15) is 23.0 Å². The third-order valence-corrected chi connectivity index (χ3v) is 4.64. The molecule has 3 rings (SSSR count). The van der Waals surface area contributed by atoms with Crippen LogP contribution in [0.15, 0.2) is 4.42 Å². The maximum absolute atomic E-state index is 12.5. The van der Waals surface area contributed by atoms with Crippen LogP contribution in [0.2, 0.25) is 0 Å². The third-order valence-electron chi connectivity index (χ3n) is 4.64. The highest BCUT2D eigenvalue weighted by molar-refractivity contribution is 6.08. The molecule has 0 spiro atoms. The smallest absolute Gasteiger partial charge is 0.342 e. The van der Waals surface area contributed by atoms with Gasteiger partial charge >= 0.3 is 11.9 Å². The summed E-state index contributed by atoms with van der Waals surface area (Å²) < 4.78 is 16.1. The highest BCUT2D eigenvalue weighted by Gasteiger charge is 2.31. The normalized spacial score (nSPS) is 17.2. The first kappa shape index (κ1) is 19.1. The summed E-state index contributed by atoms with van der Waals surface area (Å²) in [6.45, 7) is 8.89. The van der Waals surface area contributed by atoms with Gasteiger partial charge in [-0.25, -0.2) is 9.78 Å². The molecule has 8 heteroatoms. The van der Waals surface area contributed by atoms with Gasteiger partial charge in [-0.15, -0.1) is 0 Å². The molecule has 1 aliphatic rings. The van der Waals surface area contributed by atoms with E-state index in [0.717, 1.165) is 19.4 Å². The molecule has 0 aliphatic carbocycles. The van der Waals surface area contributed by atoms with Crippen molar-refractivity contribution in [1.29, 1.82) is 0 Å². The van der Waals surface area contributed by atoms with Crippen molar-refractivity contribution in [2.24, 2.45) is 5.92 Å². The second-order valence-electron chi connectivity index (χ2n) is 6.57. The topological polar surface area (TPSA) is 94.8 Å². The van der Waals surface area contributed by atoms with E-state index in [-0.39, 0.29) is 18.5 Å². The number of hydrogen-bond donors (Lipinski definition) is 0. The predicted molar refractivity (Wildman–Crippen MR) is 98.8 cm³/mol. The Kier molecular flexibility index (Phi) is 5.62. The summed E-state index contributed by atoms with van der Waals surface area (Å²) in [6.07, 6.45) is 1.61. The van der Waals surface area contributed by atoms with E-state index >= 15 is 0 Å². The number of nitrogens with zero attached hydrogens (tertiary/aromatic N) is 3. The first-order valence-corrected chi connectivity index (χ1v) is 9.32. The molecule has 1 unspecified atom stereocenters. The Morgan fingerprint density at radius 1 is 1.19 bits per heavy atom. The first-order valence-electron chi connectivity index (χ1n) is 9.32. The van der Waals surface area contributed by atoms with E-state index in [0.29, 0.717) is 47.2 Å². The molecule has 0 radical (unpaired) electrons. The Hall–Kier alpha value is -2.64. The number of furan rings is 1. The van der Waals surface area contributed by atoms with Crippen LogP contribution in [0.1, 0.15) is 48.6 Å². The molecular formula is C19H25N3O5. The largest absolute Gasteiger partial charge is 0.466 e. The number of ether oxygens (including phenoxy) is 2. The van der Waals surface area contributed by atoms with E-state index in [1.807, 2.05) is 4.90 Å². The van der Waals surface area contributed by atoms with Crippen LogP contribution in [0.4, 0.5) is 5.82 Å². The summed E-state index contributed by atoms with van der Waals surface area (Å²) in [4.78, 5) is 35.6. The molecule has 2 aromatic heterocycles. The standard InChI is InChI=1S/C19H25N3O5/c1-5-25-18(23)13-8-7-9-22(10-13)16-15-14(19(24)26-6-2)11(3)27-17(15)21-12(4)20-16/h13H,5-10H2,1-4H3. The molecule has 27 heavy (non-hydrogen) atoms. The predicted octanol–water partition coefficient (Wildman–Crippen LogP) is 2.80. The number of aromatic nitrogens is 2. The number of carbonyl (C=O) groups excluding carboxylic acids is 2. The van der Waals surface area contributed by atoms with Crippen molar-refractivity contribution in [2.45, 2.75) is 40.5 Å². The molecule has 8 nitrogen and oxygen atoms in total. The maximum Gasteiger partial charge on any atom is 0.342 e. The molecule has 2 aromatic rings. The molecule has 1 fully saturated rings. The molecule has 0 saturated carbocycles. The minimum Gasteiger partial charge on any atom is -0.466 e. The van der Waals surface area contributed by atoms with E-state index in [1.165, 1.54) is 0 Å². The molecule has 1 atom stereocenters. The Morgan fingerprint density at radius 3 is 2.63 bits per heavy atom. The number of hydrogen-bond acceptors (Lipinski definition) is 8. The van der Waals surface area contributed by atoms with Crippen molar-refractivity contribution >= 4 is 28.9 Å². The van der Waals surface area contributed by atoms with Crippen LogP contribution in [0.3, 0.4) is 0 Å². The summed E-state index contributed by atoms with van der Waals surface area (Å²) in [5.41, 5.74) is 0.705. The fraction of sp³-hybridized carbons (Fsp3) is 0.579. The highest BCUT2D eigenvalue weighted by Crippen LogP contribution is 2.34. The van der Waals surface area contributed by atoms with E-state index < -0.39 is 5.97 Å². The molecule has 0 amide bonds. The van der Waals surface area contributed by atoms with Crippen LogP contribution in [0, 0.1) is 19.8 Å². The lowest BCUT2D eigenvalue weighted by Gasteiger charge is -2.32. The summed E-state index contributed by atoms with van der Waals surface area (Å²) in [5.74, 6) is 0.720. The SMILES string of the molecule is CCOC(=O)c1c(C)oc2nc(C)nc(N3CCCC(C(=O)OCC)C3)c12. The number of esters is 2. The zero-order chi connectivity index (χ0) is 19.6. The first-order chi connectivity index (χ1) is 13.0. The average Bonchev–Trinajstić information content (AvgIpc) is 2.97. The summed E-state index contributed by atoms with van der Waals surface area (Å²) in [5, 5.41) is 0.543. The van der Waals surface area contributed by atoms with Gasteiger partial charge in [0.05, 0.1) is 24.5 Å². The van der Waals surface area contributed by atoms with Crippen molar-refractivity contribution in [3.8, 4) is 0 Å². The lowest BCUT2D eigenvalue weighted by atomic mass is 9.98. The van der Waals surface area contributed by atoms with Gasteiger partial charge in [0.25, 0.3) is 0 Å². The summed E-state index contributed by atoms with van der Waals surface area (Å²) in [7, 11) is 0. The van der Waals surface area contributed by atoms with Crippen molar-refractivity contribution in [3.63, 3.8) is 0 Å². The molecule has 1 saturated heterocycles. The van der Waals surface area contributed by atoms with E-state index in [9.17, 15) is 9.59 Å². The number of carbonyl (C=O) groups is 2. The Bertz CT molecular complexity index is 861. The van der Waals surface area contributed by atoms with Crippen LogP contribution in [0.25, 0.3) is 11.1 Å². The molecular weight excluding hydrogens is 350 g/mol. The minimum atomic E-state index is -0.457. The average molecular weight is 375 g/mol. The van der Waals surface area contributed by atoms with Crippen molar-refractivity contribution < 1.29 is 23.5 Å². The van der Waals surface area contributed by atoms with Gasteiger partial charge in [-0.3, -0.25) is 4.79 Å². The molecule has 0 aromatic carbocycles. The van der Waals surface area contributed by atoms with Gasteiger partial charge in [0.15, 0.2) is 0 Å². The fourth-order valence-corrected chi connectivity index (χ4v) is 3.50. The number of fused-ring (bicyclic) bond motifs is 1. The van der Waals surface area contributed by atoms with E-state index in [2.05, 4.69) is 9.97 Å². The Morgan fingerprint density at radius 2 is 1.93 bits per heavy atom. The van der Waals surface area contributed by atoms with Crippen molar-refractivity contribution in [2.75, 3.05) is 31.2 Å². The van der Waals surface area contributed by atoms with Crippen molar-refractivity contribution in [1.82, 2.24) is 9.97 Å². The van der Waals surface area contributed by atoms with E-state index in [4.69, 9.17) is 13.9 Å². The summed E-state index contributed by atoms with van der Waals surface area (Å²) >= 11 is 0. The maximum atomic E-state index is 12.5. The molecule has 0 bridgehead atoms. The zero-order valence-corrected chi connectivity index (χ0v) is 16.2. The van der Waals surface area contributed by atoms with Gasteiger partial charge in [0.2, 0.25) is 5.71 Å². The number of piperidine rings is 1. The molecule has 1 aliphatic heterocycles. The number of aryl methyl sites for hydroxylation is 2. The zero-order valence-electron chi connectivity index (χ0n) is 16.2. The van der Waals surface area contributed by atoms with Gasteiger partial charge in [0, 0.05) is 13.1 Å². The van der Waals surface area contributed by atoms with Crippen molar-refractivity contribution in [3.05, 3.63) is 17.1 Å². The molecule has 0 N–H and O–H groups in total. The lowest BCUT2D eigenvalue weighted by molar-refractivity contribution is -0.148. The number of rotatable bonds is 5. The molecule has 146 valence electrons. The van der Waals surface area contributed by atoms with Crippen LogP contribution >= 0.6 is 0 Å². The Labute approximate surface area is 157 Å². The van der Waals surface area contributed by atoms with Crippen LogP contribution in [-0.4, -0.2) is 48.2 Å². The minimum absolute atomic E-state index is 0.196. The third kappa shape index (κ3) is 3.74. The Balaban J connectivity index is 2.05. The lowest BCUT2D eigenvalue weighted by Crippen LogP contribution is -2.40.